The second-order valence-electron chi connectivity index (χ2n) is 4.91. The number of primary amides is 1. The summed E-state index contributed by atoms with van der Waals surface area (Å²) in [5.74, 6) is -1.14. The molecule has 0 fully saturated rings. The van der Waals surface area contributed by atoms with E-state index in [9.17, 15) is 18.0 Å². The third-order valence-corrected chi connectivity index (χ3v) is 4.20. The molecule has 0 unspecified atom stereocenters. The summed E-state index contributed by atoms with van der Waals surface area (Å²) in [6.07, 6.45) is 0. The lowest BCUT2D eigenvalue weighted by molar-refractivity contribution is -0.118. The number of rotatable bonds is 6. The van der Waals surface area contributed by atoms with E-state index in [1.54, 1.807) is 0 Å². The van der Waals surface area contributed by atoms with Gasteiger partial charge in [-0.15, -0.1) is 0 Å². The van der Waals surface area contributed by atoms with Crippen molar-refractivity contribution in [3.05, 3.63) is 53.1 Å². The van der Waals surface area contributed by atoms with Gasteiger partial charge in [-0.05, 0) is 42.5 Å². The summed E-state index contributed by atoms with van der Waals surface area (Å²) in [4.78, 5) is 23.2. The van der Waals surface area contributed by atoms with Crippen molar-refractivity contribution in [3.63, 3.8) is 0 Å². The molecule has 0 bridgehead atoms. The number of primary sulfonamides is 1. The Morgan fingerprint density at radius 3 is 2.32 bits per heavy atom. The summed E-state index contributed by atoms with van der Waals surface area (Å²) in [6, 6.07) is 9.54. The van der Waals surface area contributed by atoms with Gasteiger partial charge in [0.2, 0.25) is 10.0 Å². The fourth-order valence-electron chi connectivity index (χ4n) is 1.89. The van der Waals surface area contributed by atoms with Gasteiger partial charge in [0, 0.05) is 10.7 Å². The molecule has 0 saturated heterocycles. The number of sulfonamides is 1. The summed E-state index contributed by atoms with van der Waals surface area (Å²) in [5.41, 5.74) is 5.63. The van der Waals surface area contributed by atoms with Gasteiger partial charge in [0.05, 0.1) is 10.5 Å². The molecular formula is C15H14ClN3O5S. The molecule has 0 spiro atoms. The smallest absolute Gasteiger partial charge is 0.262 e. The maximum absolute atomic E-state index is 11.9. The van der Waals surface area contributed by atoms with Gasteiger partial charge in [0.1, 0.15) is 5.75 Å². The molecule has 132 valence electrons. The lowest BCUT2D eigenvalue weighted by Gasteiger charge is -2.10. The van der Waals surface area contributed by atoms with Gasteiger partial charge < -0.3 is 15.8 Å². The maximum atomic E-state index is 11.9. The Balaban J connectivity index is 2.01. The van der Waals surface area contributed by atoms with Crippen molar-refractivity contribution in [1.82, 2.24) is 0 Å². The zero-order chi connectivity index (χ0) is 18.6. The number of anilines is 1. The SMILES string of the molecule is NC(=O)c1cc(Cl)ccc1OCC(=O)Nc1ccc(S(N)(=O)=O)cc1. The van der Waals surface area contributed by atoms with Gasteiger partial charge in [0.25, 0.3) is 11.8 Å². The van der Waals surface area contributed by atoms with E-state index in [-0.39, 0.29) is 16.2 Å². The van der Waals surface area contributed by atoms with Crippen LogP contribution in [0.2, 0.25) is 5.02 Å². The largest absolute Gasteiger partial charge is 0.483 e. The predicted octanol–water partition coefficient (Wildman–Crippen LogP) is 1.10. The van der Waals surface area contributed by atoms with E-state index >= 15 is 0 Å². The van der Waals surface area contributed by atoms with E-state index in [0.717, 1.165) is 0 Å². The highest BCUT2D eigenvalue weighted by atomic mass is 35.5. The van der Waals surface area contributed by atoms with Crippen molar-refractivity contribution in [2.45, 2.75) is 4.90 Å². The van der Waals surface area contributed by atoms with Crippen molar-refractivity contribution >= 4 is 39.1 Å². The molecule has 0 aromatic heterocycles. The Morgan fingerprint density at radius 2 is 1.76 bits per heavy atom. The lowest BCUT2D eigenvalue weighted by atomic mass is 10.2. The lowest BCUT2D eigenvalue weighted by Crippen LogP contribution is -2.21. The van der Waals surface area contributed by atoms with Gasteiger partial charge in [-0.25, -0.2) is 13.6 Å². The Bertz CT molecular complexity index is 913. The second kappa shape index (κ2) is 7.51. The molecule has 0 aliphatic rings. The van der Waals surface area contributed by atoms with Crippen LogP contribution in [0.1, 0.15) is 10.4 Å². The van der Waals surface area contributed by atoms with Crippen molar-refractivity contribution in [3.8, 4) is 5.75 Å². The monoisotopic (exact) mass is 383 g/mol. The topological polar surface area (TPSA) is 142 Å². The van der Waals surface area contributed by atoms with E-state index in [4.69, 9.17) is 27.2 Å². The highest BCUT2D eigenvalue weighted by Gasteiger charge is 2.12. The summed E-state index contributed by atoms with van der Waals surface area (Å²) in [6.45, 7) is -0.390. The minimum atomic E-state index is -3.80. The molecule has 2 aromatic carbocycles. The third-order valence-electron chi connectivity index (χ3n) is 3.03. The van der Waals surface area contributed by atoms with Gasteiger partial charge in [-0.3, -0.25) is 9.59 Å². The van der Waals surface area contributed by atoms with Crippen LogP contribution >= 0.6 is 11.6 Å². The van der Waals surface area contributed by atoms with E-state index in [2.05, 4.69) is 5.32 Å². The minimum absolute atomic E-state index is 0.0535. The molecule has 0 atom stereocenters. The number of halogens is 1. The molecule has 0 radical (unpaired) electrons. The number of nitrogens with two attached hydrogens (primary N) is 2. The minimum Gasteiger partial charge on any atom is -0.483 e. The average Bonchev–Trinajstić information content (AvgIpc) is 2.53. The molecule has 25 heavy (non-hydrogen) atoms. The van der Waals surface area contributed by atoms with Crippen LogP contribution in [0.15, 0.2) is 47.4 Å². The fraction of sp³-hybridized carbons (Fsp3) is 0.0667. The van der Waals surface area contributed by atoms with Crippen LogP contribution in [0.3, 0.4) is 0 Å². The summed E-state index contributed by atoms with van der Waals surface area (Å²) >= 11 is 5.78. The maximum Gasteiger partial charge on any atom is 0.262 e. The zero-order valence-electron chi connectivity index (χ0n) is 12.7. The average molecular weight is 384 g/mol. The van der Waals surface area contributed by atoms with Crippen LogP contribution in [-0.4, -0.2) is 26.8 Å². The first-order valence-corrected chi connectivity index (χ1v) is 8.74. The molecule has 0 heterocycles. The van der Waals surface area contributed by atoms with E-state index in [0.29, 0.717) is 10.7 Å². The normalized spacial score (nSPS) is 11.0. The number of hydrogen-bond acceptors (Lipinski definition) is 5. The van der Waals surface area contributed by atoms with Crippen LogP contribution in [0, 0.1) is 0 Å². The van der Waals surface area contributed by atoms with Crippen molar-refractivity contribution < 1.29 is 22.7 Å². The number of benzene rings is 2. The number of hydrogen-bond donors (Lipinski definition) is 3. The summed E-state index contributed by atoms with van der Waals surface area (Å²) in [5, 5.41) is 7.80. The number of nitrogens with one attached hydrogen (secondary N) is 1. The zero-order valence-corrected chi connectivity index (χ0v) is 14.3. The molecule has 10 heteroatoms. The first-order chi connectivity index (χ1) is 11.7. The van der Waals surface area contributed by atoms with Crippen molar-refractivity contribution in [2.75, 3.05) is 11.9 Å². The Kier molecular flexibility index (Phi) is 5.62. The molecular weight excluding hydrogens is 370 g/mol. The molecule has 8 nitrogen and oxygen atoms in total. The molecule has 2 amide bonds. The van der Waals surface area contributed by atoms with Gasteiger partial charge in [-0.1, -0.05) is 11.6 Å². The van der Waals surface area contributed by atoms with Gasteiger partial charge in [-0.2, -0.15) is 0 Å². The van der Waals surface area contributed by atoms with Crippen LogP contribution in [0.5, 0.6) is 5.75 Å². The second-order valence-corrected chi connectivity index (χ2v) is 6.91. The fourth-order valence-corrected chi connectivity index (χ4v) is 2.58. The number of amides is 2. The third kappa shape index (κ3) is 5.18. The van der Waals surface area contributed by atoms with Crippen LogP contribution in [0.4, 0.5) is 5.69 Å². The van der Waals surface area contributed by atoms with E-state index in [1.165, 1.54) is 42.5 Å². The van der Waals surface area contributed by atoms with Crippen molar-refractivity contribution in [1.29, 1.82) is 0 Å². The predicted molar refractivity (Wildman–Crippen MR) is 91.9 cm³/mol. The Morgan fingerprint density at radius 1 is 1.12 bits per heavy atom. The first-order valence-electron chi connectivity index (χ1n) is 6.81. The Labute approximate surface area is 148 Å². The van der Waals surface area contributed by atoms with Crippen LogP contribution < -0.4 is 20.9 Å². The molecule has 5 N–H and O–H groups in total. The molecule has 2 rings (SSSR count). The number of carbonyl (C=O) groups is 2. The number of carbonyl (C=O) groups excluding carboxylic acids is 2. The first kappa shape index (κ1) is 18.7. The van der Waals surface area contributed by atoms with Crippen LogP contribution in [-0.2, 0) is 14.8 Å². The van der Waals surface area contributed by atoms with Crippen molar-refractivity contribution in [2.24, 2.45) is 10.9 Å². The molecule has 0 aliphatic heterocycles. The summed E-state index contributed by atoms with van der Waals surface area (Å²) < 4.78 is 27.6. The Hall–Kier alpha value is -2.62. The molecule has 2 aromatic rings. The molecule has 0 saturated carbocycles. The quantitative estimate of drug-likeness (QED) is 0.684. The highest BCUT2D eigenvalue weighted by molar-refractivity contribution is 7.89. The standard InChI is InChI=1S/C15H14ClN3O5S/c16-9-1-6-13(12(7-9)15(17)21)24-8-14(20)19-10-2-4-11(5-3-10)25(18,22)23/h1-7H,8H2,(H2,17,21)(H,19,20)(H2,18,22,23). The van der Waals surface area contributed by atoms with Crippen LogP contribution in [0.25, 0.3) is 0 Å². The van der Waals surface area contributed by atoms with Gasteiger partial charge >= 0.3 is 0 Å². The van der Waals surface area contributed by atoms with E-state index in [1.807, 2.05) is 0 Å². The van der Waals surface area contributed by atoms with E-state index < -0.39 is 28.4 Å². The molecule has 0 aliphatic carbocycles. The van der Waals surface area contributed by atoms with Gasteiger partial charge in [0.15, 0.2) is 6.61 Å². The summed E-state index contributed by atoms with van der Waals surface area (Å²) in [7, 11) is -3.80. The number of ether oxygens (including phenoxy) is 1. The highest BCUT2D eigenvalue weighted by Crippen LogP contribution is 2.22.